The summed E-state index contributed by atoms with van der Waals surface area (Å²) in [5.74, 6) is -0.815. The molecule has 0 radical (unpaired) electrons. The lowest BCUT2D eigenvalue weighted by atomic mass is 9.82. The molecule has 3 aromatic carbocycles. The fourth-order valence-corrected chi connectivity index (χ4v) is 9.63. The van der Waals surface area contributed by atoms with E-state index in [4.69, 9.17) is 4.74 Å². The molecule has 234 valence electrons. The molecule has 0 saturated carbocycles. The van der Waals surface area contributed by atoms with Crippen LogP contribution < -0.4 is 10.2 Å². The highest BCUT2D eigenvalue weighted by atomic mass is 28.4. The molecule has 4 atom stereocenters. The summed E-state index contributed by atoms with van der Waals surface area (Å²) >= 11 is 0. The Hall–Kier alpha value is -4.19. The van der Waals surface area contributed by atoms with Gasteiger partial charge in [0.2, 0.25) is 8.41 Å². The Balaban J connectivity index is 1.27. The number of carbonyl (C=O) groups is 2. The third-order valence-electron chi connectivity index (χ3n) is 9.03. The number of carbonyl (C=O) groups excluding carboxylic acids is 2. The van der Waals surface area contributed by atoms with E-state index in [1.807, 2.05) is 73.7 Å². The summed E-state index contributed by atoms with van der Waals surface area (Å²) in [5, 5.41) is 20.4. The third-order valence-corrected chi connectivity index (χ3v) is 11.5. The second-order valence-electron chi connectivity index (χ2n) is 12.4. The minimum atomic E-state index is -3.30. The number of nitrogens with one attached hydrogen (secondary N) is 1. The second kappa shape index (κ2) is 12.3. The monoisotopic (exact) mass is 627 g/mol. The third kappa shape index (κ3) is 5.83. The number of benzene rings is 3. The van der Waals surface area contributed by atoms with E-state index in [1.165, 1.54) is 0 Å². The van der Waals surface area contributed by atoms with Gasteiger partial charge in [-0.05, 0) is 55.4 Å². The molecular formula is C34H38FN5O4Si. The van der Waals surface area contributed by atoms with Crippen molar-refractivity contribution >= 4 is 31.6 Å². The average Bonchev–Trinajstić information content (AvgIpc) is 3.67. The molecule has 0 bridgehead atoms. The van der Waals surface area contributed by atoms with Crippen molar-refractivity contribution < 1.29 is 23.5 Å². The van der Waals surface area contributed by atoms with E-state index >= 15 is 4.11 Å². The van der Waals surface area contributed by atoms with Crippen LogP contribution in [0.25, 0.3) is 0 Å². The molecule has 2 amide bonds. The highest BCUT2D eigenvalue weighted by Crippen LogP contribution is 2.60. The van der Waals surface area contributed by atoms with Gasteiger partial charge in [0.15, 0.2) is 5.60 Å². The van der Waals surface area contributed by atoms with Crippen LogP contribution in [0.4, 0.5) is 15.5 Å². The number of aromatic nitrogens is 3. The lowest BCUT2D eigenvalue weighted by molar-refractivity contribution is -0.146. The smallest absolute Gasteiger partial charge is 0.264 e. The molecule has 2 aliphatic heterocycles. The first-order valence-electron chi connectivity index (χ1n) is 15.3. The summed E-state index contributed by atoms with van der Waals surface area (Å²) in [5.41, 5.74) is 2.47. The molecule has 9 nitrogen and oxygen atoms in total. The highest BCUT2D eigenvalue weighted by Gasteiger charge is 2.66. The summed E-state index contributed by atoms with van der Waals surface area (Å²) in [6.45, 7) is 6.03. The fraction of sp³-hybridized carbons (Fsp3) is 0.353. The van der Waals surface area contributed by atoms with Crippen LogP contribution in [0.5, 0.6) is 0 Å². The lowest BCUT2D eigenvalue weighted by Gasteiger charge is -2.31. The van der Waals surface area contributed by atoms with E-state index in [-0.39, 0.29) is 25.0 Å². The Labute approximate surface area is 263 Å². The number of ether oxygens (including phenoxy) is 1. The highest BCUT2D eigenvalue weighted by molar-refractivity contribution is 6.72. The molecule has 0 aliphatic carbocycles. The number of nitrogens with zero attached hydrogens (tertiary/aromatic N) is 4. The van der Waals surface area contributed by atoms with Gasteiger partial charge in [0.05, 0.1) is 24.0 Å². The number of hydrogen-bond acceptors (Lipinski definition) is 6. The number of rotatable bonds is 10. The van der Waals surface area contributed by atoms with Gasteiger partial charge in [0.25, 0.3) is 11.8 Å². The molecule has 45 heavy (non-hydrogen) atoms. The molecule has 1 fully saturated rings. The van der Waals surface area contributed by atoms with Crippen molar-refractivity contribution in [3.05, 3.63) is 107 Å². The van der Waals surface area contributed by atoms with Crippen molar-refractivity contribution in [2.45, 2.75) is 63.2 Å². The molecule has 4 aromatic rings. The molecule has 3 heterocycles. The van der Waals surface area contributed by atoms with Crippen LogP contribution in [0, 0.1) is 5.92 Å². The van der Waals surface area contributed by atoms with Crippen LogP contribution in [0.1, 0.15) is 40.5 Å². The maximum atomic E-state index is 16.1. The SMILES string of the molecule is C[C@@H]1[C@@H]([Si](C)(C)F)[C@H](CCn2cc(CCO)nn2)O[C@@]12C(=O)N(Cc1cccc(NC(=O)c3ccccc3)c1)c1ccccc12. The first kappa shape index (κ1) is 30.8. The van der Waals surface area contributed by atoms with Crippen molar-refractivity contribution in [3.63, 3.8) is 0 Å². The molecule has 2 N–H and O–H groups in total. The van der Waals surface area contributed by atoms with E-state index in [1.54, 1.807) is 41.0 Å². The van der Waals surface area contributed by atoms with Gasteiger partial charge in [0, 0.05) is 54.0 Å². The van der Waals surface area contributed by atoms with Crippen molar-refractivity contribution in [2.75, 3.05) is 16.8 Å². The number of para-hydroxylation sites is 1. The van der Waals surface area contributed by atoms with Crippen molar-refractivity contribution in [3.8, 4) is 0 Å². The summed E-state index contributed by atoms with van der Waals surface area (Å²) in [7, 11) is -3.30. The Morgan fingerprint density at radius 2 is 1.84 bits per heavy atom. The number of aliphatic hydroxyl groups is 1. The van der Waals surface area contributed by atoms with Gasteiger partial charge in [0.1, 0.15) is 0 Å². The number of fused-ring (bicyclic) bond motifs is 2. The topological polar surface area (TPSA) is 110 Å². The van der Waals surface area contributed by atoms with Gasteiger partial charge in [-0.1, -0.05) is 60.7 Å². The minimum Gasteiger partial charge on any atom is -0.396 e. The van der Waals surface area contributed by atoms with Crippen molar-refractivity contribution in [1.29, 1.82) is 0 Å². The van der Waals surface area contributed by atoms with E-state index in [0.717, 1.165) is 16.8 Å². The van der Waals surface area contributed by atoms with Gasteiger partial charge in [-0.15, -0.1) is 5.10 Å². The maximum Gasteiger partial charge on any atom is 0.264 e. The number of aryl methyl sites for hydroxylation is 1. The number of halogens is 1. The maximum absolute atomic E-state index is 16.1. The van der Waals surface area contributed by atoms with E-state index in [2.05, 4.69) is 15.6 Å². The van der Waals surface area contributed by atoms with Crippen molar-refractivity contribution in [1.82, 2.24) is 15.0 Å². The average molecular weight is 628 g/mol. The zero-order chi connectivity index (χ0) is 31.8. The molecule has 1 aromatic heterocycles. The lowest BCUT2D eigenvalue weighted by Crippen LogP contribution is -2.45. The van der Waals surface area contributed by atoms with Gasteiger partial charge in [-0.3, -0.25) is 14.3 Å². The normalized spacial score (nSPS) is 22.6. The summed E-state index contributed by atoms with van der Waals surface area (Å²) in [4.78, 5) is 29.1. The molecule has 11 heteroatoms. The molecule has 0 unspecified atom stereocenters. The van der Waals surface area contributed by atoms with Crippen LogP contribution in [0.3, 0.4) is 0 Å². The zero-order valence-electron chi connectivity index (χ0n) is 25.7. The number of aliphatic hydroxyl groups excluding tert-OH is 1. The number of amides is 2. The van der Waals surface area contributed by atoms with E-state index in [0.29, 0.717) is 36.3 Å². The summed E-state index contributed by atoms with van der Waals surface area (Å²) < 4.78 is 24.6. The zero-order valence-corrected chi connectivity index (χ0v) is 26.7. The molecule has 1 spiro atoms. The first-order chi connectivity index (χ1) is 21.6. The van der Waals surface area contributed by atoms with Gasteiger partial charge >= 0.3 is 0 Å². The molecular weight excluding hydrogens is 589 g/mol. The van der Waals surface area contributed by atoms with Crippen LogP contribution in [0.2, 0.25) is 18.6 Å². The minimum absolute atomic E-state index is 0.0151. The Morgan fingerprint density at radius 1 is 1.09 bits per heavy atom. The van der Waals surface area contributed by atoms with Gasteiger partial charge in [-0.25, -0.2) is 0 Å². The number of hydrogen-bond donors (Lipinski definition) is 2. The predicted molar refractivity (Wildman–Crippen MR) is 172 cm³/mol. The molecule has 2 aliphatic rings. The summed E-state index contributed by atoms with van der Waals surface area (Å²) in [6, 6.07) is 24.1. The molecule has 1 saturated heterocycles. The standard InChI is InChI=1S/C34H38FN5O4Si/c1-23-31(45(2,3)35)30(16-18-39-22-27(17-19-41)37-38-39)44-34(23)28-14-7-8-15-29(28)40(33(34)43)21-24-10-9-13-26(20-24)36-32(42)25-11-5-4-6-12-25/h4-15,20,22-23,30-31,41H,16-19,21H2,1-3H3,(H,36,42)/t23-,30+,31-,34+/m1/s1. The quantitative estimate of drug-likeness (QED) is 0.178. The van der Waals surface area contributed by atoms with Gasteiger partial charge < -0.3 is 24.2 Å². The van der Waals surface area contributed by atoms with Crippen LogP contribution >= 0.6 is 0 Å². The van der Waals surface area contributed by atoms with E-state index < -0.39 is 31.6 Å². The van der Waals surface area contributed by atoms with Gasteiger partial charge in [-0.2, -0.15) is 0 Å². The van der Waals surface area contributed by atoms with Crippen molar-refractivity contribution in [2.24, 2.45) is 5.92 Å². The Morgan fingerprint density at radius 3 is 2.60 bits per heavy atom. The van der Waals surface area contributed by atoms with Crippen LogP contribution in [0.15, 0.2) is 85.1 Å². The predicted octanol–water partition coefficient (Wildman–Crippen LogP) is 5.48. The summed E-state index contributed by atoms with van der Waals surface area (Å²) in [6.07, 6.45) is 2.17. The fourth-order valence-electron chi connectivity index (χ4n) is 7.09. The van der Waals surface area contributed by atoms with E-state index in [9.17, 15) is 14.7 Å². The Kier molecular flexibility index (Phi) is 8.42. The largest absolute Gasteiger partial charge is 0.396 e. The van der Waals surface area contributed by atoms with Crippen LogP contribution in [-0.2, 0) is 34.6 Å². The second-order valence-corrected chi connectivity index (χ2v) is 16.2. The van der Waals surface area contributed by atoms with Crippen LogP contribution in [-0.4, -0.2) is 53.0 Å². The molecule has 6 rings (SSSR count). The Bertz CT molecular complexity index is 1690. The first-order valence-corrected chi connectivity index (χ1v) is 18.3. The number of anilines is 2.